The van der Waals surface area contributed by atoms with Crippen LogP contribution in [-0.4, -0.2) is 11.7 Å². The van der Waals surface area contributed by atoms with Crippen molar-refractivity contribution in [3.8, 4) is 5.75 Å². The molecule has 0 heterocycles. The molecule has 2 unspecified atom stereocenters. The fourth-order valence-electron chi connectivity index (χ4n) is 3.85. The minimum absolute atomic E-state index is 0.0391. The number of aliphatic hydroxyl groups is 1. The van der Waals surface area contributed by atoms with Crippen molar-refractivity contribution in [2.24, 2.45) is 5.92 Å². The summed E-state index contributed by atoms with van der Waals surface area (Å²) >= 11 is 0. The van der Waals surface area contributed by atoms with Crippen molar-refractivity contribution < 1.29 is 9.84 Å². The summed E-state index contributed by atoms with van der Waals surface area (Å²) in [6.45, 7) is 20.9. The van der Waals surface area contributed by atoms with Gasteiger partial charge in [0.05, 0.1) is 12.7 Å². The molecule has 2 heteroatoms. The third kappa shape index (κ3) is 8.61. The van der Waals surface area contributed by atoms with Gasteiger partial charge in [0.1, 0.15) is 5.75 Å². The number of rotatable bonds is 12. The molecule has 30 heavy (non-hydrogen) atoms. The van der Waals surface area contributed by atoms with E-state index in [0.29, 0.717) is 5.92 Å². The number of aliphatic hydroxyl groups excluding tert-OH is 1. The molecule has 0 aliphatic heterocycles. The van der Waals surface area contributed by atoms with Crippen molar-refractivity contribution >= 4 is 0 Å². The molecule has 1 N–H and O–H groups in total. The number of unbranched alkanes of at least 4 members (excludes halogenated alkanes) is 5. The maximum absolute atomic E-state index is 11.0. The van der Waals surface area contributed by atoms with Crippen molar-refractivity contribution in [1.82, 2.24) is 0 Å². The van der Waals surface area contributed by atoms with Gasteiger partial charge in [0.15, 0.2) is 0 Å². The van der Waals surface area contributed by atoms with E-state index in [1.807, 2.05) is 0 Å². The van der Waals surface area contributed by atoms with Crippen LogP contribution in [0.15, 0.2) is 12.1 Å². The zero-order valence-electron chi connectivity index (χ0n) is 21.5. The summed E-state index contributed by atoms with van der Waals surface area (Å²) in [5, 5.41) is 11.0. The lowest BCUT2D eigenvalue weighted by molar-refractivity contribution is 0.146. The Morgan fingerprint density at radius 1 is 0.833 bits per heavy atom. The number of ether oxygens (including phenoxy) is 1. The molecule has 0 aliphatic carbocycles. The molecule has 0 saturated carbocycles. The standard InChI is InChI=1S/C28H50O2/c1-10-12-13-14-15-16-17-30-26-23(27(4,5)6)19-22(20-24(26)28(7,8)9)25(29)18-21(3)11-2/h19-21,25,29H,10-18H2,1-9H3. The van der Waals surface area contributed by atoms with E-state index in [-0.39, 0.29) is 10.8 Å². The molecule has 0 aliphatic rings. The highest BCUT2D eigenvalue weighted by molar-refractivity contribution is 5.51. The van der Waals surface area contributed by atoms with E-state index < -0.39 is 6.10 Å². The lowest BCUT2D eigenvalue weighted by atomic mass is 9.77. The molecular weight excluding hydrogens is 368 g/mol. The average Bonchev–Trinajstić information content (AvgIpc) is 2.65. The predicted octanol–water partition coefficient (Wildman–Crippen LogP) is 8.49. The third-order valence-corrected chi connectivity index (χ3v) is 6.18. The first kappa shape index (κ1) is 27.0. The van der Waals surface area contributed by atoms with Crippen LogP contribution in [0, 0.1) is 5.92 Å². The Bertz CT molecular complexity index is 584. The zero-order valence-corrected chi connectivity index (χ0v) is 21.5. The molecule has 174 valence electrons. The molecule has 1 aromatic carbocycles. The van der Waals surface area contributed by atoms with Gasteiger partial charge >= 0.3 is 0 Å². The van der Waals surface area contributed by atoms with Gasteiger partial charge in [0.2, 0.25) is 0 Å². The summed E-state index contributed by atoms with van der Waals surface area (Å²) in [5.41, 5.74) is 3.40. The maximum Gasteiger partial charge on any atom is 0.126 e. The average molecular weight is 419 g/mol. The molecular formula is C28H50O2. The lowest BCUT2D eigenvalue weighted by Gasteiger charge is -2.31. The quantitative estimate of drug-likeness (QED) is 0.345. The monoisotopic (exact) mass is 418 g/mol. The van der Waals surface area contributed by atoms with E-state index >= 15 is 0 Å². The molecule has 0 amide bonds. The Morgan fingerprint density at radius 3 is 1.80 bits per heavy atom. The van der Waals surface area contributed by atoms with Gasteiger partial charge in [-0.05, 0) is 47.3 Å². The van der Waals surface area contributed by atoms with Crippen LogP contribution < -0.4 is 4.74 Å². The lowest BCUT2D eigenvalue weighted by Crippen LogP contribution is -2.21. The molecule has 0 bridgehead atoms. The Balaban J connectivity index is 3.18. The first-order chi connectivity index (χ1) is 13.9. The van der Waals surface area contributed by atoms with E-state index in [1.54, 1.807) is 0 Å². The van der Waals surface area contributed by atoms with Crippen LogP contribution in [0.2, 0.25) is 0 Å². The second kappa shape index (κ2) is 12.1. The van der Waals surface area contributed by atoms with Crippen LogP contribution in [0.4, 0.5) is 0 Å². The van der Waals surface area contributed by atoms with Crippen molar-refractivity contribution in [2.75, 3.05) is 6.61 Å². The minimum Gasteiger partial charge on any atom is -0.493 e. The van der Waals surface area contributed by atoms with E-state index in [1.165, 1.54) is 43.2 Å². The molecule has 2 atom stereocenters. The van der Waals surface area contributed by atoms with Crippen molar-refractivity contribution in [3.05, 3.63) is 28.8 Å². The van der Waals surface area contributed by atoms with E-state index in [2.05, 4.69) is 74.4 Å². The highest BCUT2D eigenvalue weighted by Crippen LogP contribution is 2.42. The maximum atomic E-state index is 11.0. The Kier molecular flexibility index (Phi) is 10.9. The fraction of sp³-hybridized carbons (Fsp3) is 0.786. The summed E-state index contributed by atoms with van der Waals surface area (Å²) in [6.07, 6.45) is 9.08. The number of benzene rings is 1. The summed E-state index contributed by atoms with van der Waals surface area (Å²) in [4.78, 5) is 0. The van der Waals surface area contributed by atoms with E-state index in [0.717, 1.165) is 37.2 Å². The number of hydrogen-bond acceptors (Lipinski definition) is 2. The molecule has 1 aromatic rings. The fourth-order valence-corrected chi connectivity index (χ4v) is 3.85. The molecule has 0 saturated heterocycles. The highest BCUT2D eigenvalue weighted by atomic mass is 16.5. The third-order valence-electron chi connectivity index (χ3n) is 6.18. The van der Waals surface area contributed by atoms with Crippen LogP contribution in [-0.2, 0) is 10.8 Å². The van der Waals surface area contributed by atoms with Gasteiger partial charge in [-0.1, -0.05) is 101 Å². The van der Waals surface area contributed by atoms with Gasteiger partial charge in [-0.25, -0.2) is 0 Å². The predicted molar refractivity (Wildman–Crippen MR) is 132 cm³/mol. The van der Waals surface area contributed by atoms with Gasteiger partial charge in [-0.2, -0.15) is 0 Å². The van der Waals surface area contributed by atoms with Crippen LogP contribution in [0.5, 0.6) is 5.75 Å². The van der Waals surface area contributed by atoms with Gasteiger partial charge in [-0.15, -0.1) is 0 Å². The zero-order chi connectivity index (χ0) is 22.9. The summed E-state index contributed by atoms with van der Waals surface area (Å²) in [6, 6.07) is 4.41. The molecule has 1 rings (SSSR count). The normalized spacial score (nSPS) is 14.6. The summed E-state index contributed by atoms with van der Waals surface area (Å²) in [7, 11) is 0. The SMILES string of the molecule is CCCCCCCCOc1c(C(C)(C)C)cc(C(O)CC(C)CC)cc1C(C)(C)C. The Morgan fingerprint density at radius 2 is 1.33 bits per heavy atom. The molecule has 0 fully saturated rings. The van der Waals surface area contributed by atoms with Crippen molar-refractivity contribution in [1.29, 1.82) is 0 Å². The van der Waals surface area contributed by atoms with Crippen LogP contribution in [0.1, 0.15) is 136 Å². The minimum atomic E-state index is -0.422. The summed E-state index contributed by atoms with van der Waals surface area (Å²) in [5.74, 6) is 1.56. The first-order valence-corrected chi connectivity index (χ1v) is 12.4. The van der Waals surface area contributed by atoms with Crippen LogP contribution >= 0.6 is 0 Å². The van der Waals surface area contributed by atoms with Gasteiger partial charge in [-0.3, -0.25) is 0 Å². The Hall–Kier alpha value is -1.02. The first-order valence-electron chi connectivity index (χ1n) is 12.4. The van der Waals surface area contributed by atoms with E-state index in [9.17, 15) is 5.11 Å². The van der Waals surface area contributed by atoms with Crippen molar-refractivity contribution in [3.63, 3.8) is 0 Å². The highest BCUT2D eigenvalue weighted by Gasteiger charge is 2.29. The topological polar surface area (TPSA) is 29.5 Å². The van der Waals surface area contributed by atoms with Gasteiger partial charge < -0.3 is 9.84 Å². The largest absolute Gasteiger partial charge is 0.493 e. The molecule has 0 radical (unpaired) electrons. The smallest absolute Gasteiger partial charge is 0.126 e. The number of hydrogen-bond donors (Lipinski definition) is 1. The molecule has 0 aromatic heterocycles. The van der Waals surface area contributed by atoms with Crippen LogP contribution in [0.3, 0.4) is 0 Å². The van der Waals surface area contributed by atoms with Gasteiger partial charge in [0, 0.05) is 11.1 Å². The van der Waals surface area contributed by atoms with Crippen LogP contribution in [0.25, 0.3) is 0 Å². The second-order valence-electron chi connectivity index (χ2n) is 11.3. The van der Waals surface area contributed by atoms with Gasteiger partial charge in [0.25, 0.3) is 0 Å². The van der Waals surface area contributed by atoms with Crippen molar-refractivity contribution in [2.45, 2.75) is 131 Å². The molecule has 2 nitrogen and oxygen atoms in total. The second-order valence-corrected chi connectivity index (χ2v) is 11.3. The Labute approximate surface area is 187 Å². The van der Waals surface area contributed by atoms with E-state index in [4.69, 9.17) is 4.74 Å². The molecule has 0 spiro atoms. The summed E-state index contributed by atoms with van der Waals surface area (Å²) < 4.78 is 6.48.